The zero-order valence-electron chi connectivity index (χ0n) is 13.1. The Morgan fingerprint density at radius 1 is 0.800 bits per heavy atom. The summed E-state index contributed by atoms with van der Waals surface area (Å²) in [6.45, 7) is 10.0. The number of aliphatic imine (C=N–C) groups is 1. The van der Waals surface area contributed by atoms with Gasteiger partial charge < -0.3 is 0 Å². The van der Waals surface area contributed by atoms with Crippen molar-refractivity contribution >= 4 is 5.71 Å². The first-order chi connectivity index (χ1) is 9.84. The Morgan fingerprint density at radius 2 is 1.45 bits per heavy atom. The first-order valence-corrected chi connectivity index (χ1v) is 7.41. The van der Waals surface area contributed by atoms with Crippen molar-refractivity contribution in [2.24, 2.45) is 4.99 Å². The van der Waals surface area contributed by atoms with Crippen molar-refractivity contribution in [3.8, 4) is 0 Å². The van der Waals surface area contributed by atoms with Crippen LogP contribution in [0.1, 0.15) is 50.7 Å². The van der Waals surface area contributed by atoms with Gasteiger partial charge in [-0.2, -0.15) is 0 Å². The third kappa shape index (κ3) is 4.02. The number of aromatic nitrogens is 1. The number of benzene rings is 1. The Hall–Kier alpha value is -1.96. The molecule has 1 aliphatic heterocycles. The fraction of sp³-hybridized carbons (Fsp3) is 0.333. The van der Waals surface area contributed by atoms with Crippen LogP contribution < -0.4 is 0 Å². The second-order valence-corrected chi connectivity index (χ2v) is 3.99. The molecule has 0 N–H and O–H groups in total. The third-order valence-electron chi connectivity index (χ3n) is 2.72. The minimum atomic E-state index is 0.183. The predicted molar refractivity (Wildman–Crippen MR) is 87.4 cm³/mol. The summed E-state index contributed by atoms with van der Waals surface area (Å²) in [4.78, 5) is 8.99. The molecule has 3 rings (SSSR count). The molecule has 0 amide bonds. The van der Waals surface area contributed by atoms with E-state index in [4.69, 9.17) is 0 Å². The number of nitrogens with zero attached hydrogens (tertiary/aromatic N) is 2. The van der Waals surface area contributed by atoms with Crippen LogP contribution in [-0.2, 0) is 0 Å². The molecule has 0 bridgehead atoms. The van der Waals surface area contributed by atoms with Gasteiger partial charge in [-0.1, -0.05) is 64.1 Å². The summed E-state index contributed by atoms with van der Waals surface area (Å²) in [6, 6.07) is 16.5. The lowest BCUT2D eigenvalue weighted by atomic mass is 10.1. The first kappa shape index (κ1) is 16.1. The SMILES string of the molecule is CC.CC.Cc1cccc(C2N=C2c2ccccc2)n1. The van der Waals surface area contributed by atoms with Gasteiger partial charge in [-0.15, -0.1) is 0 Å². The largest absolute Gasteiger partial charge is 0.270 e. The van der Waals surface area contributed by atoms with Crippen LogP contribution in [0.5, 0.6) is 0 Å². The maximum Gasteiger partial charge on any atom is 0.134 e. The Balaban J connectivity index is 0.000000461. The van der Waals surface area contributed by atoms with Crippen molar-refractivity contribution in [3.63, 3.8) is 0 Å². The average Bonchev–Trinajstić information content (AvgIpc) is 3.33. The lowest BCUT2D eigenvalue weighted by molar-refractivity contribution is 1.000. The molecular formula is C18H24N2. The van der Waals surface area contributed by atoms with Crippen LogP contribution in [0.4, 0.5) is 0 Å². The van der Waals surface area contributed by atoms with Gasteiger partial charge >= 0.3 is 0 Å². The van der Waals surface area contributed by atoms with Gasteiger partial charge in [-0.3, -0.25) is 9.98 Å². The van der Waals surface area contributed by atoms with E-state index in [1.165, 1.54) is 5.56 Å². The maximum atomic E-state index is 4.50. The monoisotopic (exact) mass is 268 g/mol. The molecule has 1 aromatic carbocycles. The summed E-state index contributed by atoms with van der Waals surface area (Å²) in [5.74, 6) is 0. The van der Waals surface area contributed by atoms with Crippen molar-refractivity contribution in [3.05, 3.63) is 65.5 Å². The number of pyridine rings is 1. The molecule has 1 atom stereocenters. The maximum absolute atomic E-state index is 4.50. The van der Waals surface area contributed by atoms with Crippen LogP contribution in [-0.4, -0.2) is 10.7 Å². The van der Waals surface area contributed by atoms with Gasteiger partial charge in [0, 0.05) is 5.69 Å². The van der Waals surface area contributed by atoms with Gasteiger partial charge in [0.2, 0.25) is 0 Å². The van der Waals surface area contributed by atoms with Crippen LogP contribution >= 0.6 is 0 Å². The minimum Gasteiger partial charge on any atom is -0.270 e. The van der Waals surface area contributed by atoms with E-state index >= 15 is 0 Å². The standard InChI is InChI=1S/C14H12N2.2C2H6/c1-10-6-5-9-12(15-10)14-13(16-14)11-7-3-2-4-8-11;2*1-2/h2-9,14H,1H3;2*1-2H3. The molecule has 0 aliphatic carbocycles. The van der Waals surface area contributed by atoms with Gasteiger partial charge in [0.05, 0.1) is 11.4 Å². The van der Waals surface area contributed by atoms with Crippen LogP contribution in [0.15, 0.2) is 53.5 Å². The predicted octanol–water partition coefficient (Wildman–Crippen LogP) is 4.99. The zero-order chi connectivity index (χ0) is 15.0. The summed E-state index contributed by atoms with van der Waals surface area (Å²) in [7, 11) is 0. The Labute approximate surface area is 122 Å². The molecular weight excluding hydrogens is 244 g/mol. The molecule has 20 heavy (non-hydrogen) atoms. The Morgan fingerprint density at radius 3 is 2.05 bits per heavy atom. The van der Waals surface area contributed by atoms with Crippen molar-refractivity contribution in [1.82, 2.24) is 4.98 Å². The fourth-order valence-electron chi connectivity index (χ4n) is 1.87. The summed E-state index contributed by atoms with van der Waals surface area (Å²) >= 11 is 0. The van der Waals surface area contributed by atoms with Gasteiger partial charge in [-0.25, -0.2) is 0 Å². The van der Waals surface area contributed by atoms with Crippen LogP contribution in [0, 0.1) is 6.92 Å². The van der Waals surface area contributed by atoms with Crippen molar-refractivity contribution < 1.29 is 0 Å². The highest BCUT2D eigenvalue weighted by molar-refractivity contribution is 6.13. The van der Waals surface area contributed by atoms with Gasteiger partial charge in [-0.05, 0) is 24.6 Å². The Bertz CT molecular complexity index is 544. The average molecular weight is 268 g/mol. The fourth-order valence-corrected chi connectivity index (χ4v) is 1.87. The topological polar surface area (TPSA) is 25.2 Å². The summed E-state index contributed by atoms with van der Waals surface area (Å²) < 4.78 is 0. The van der Waals surface area contributed by atoms with E-state index in [0.717, 1.165) is 17.1 Å². The smallest absolute Gasteiger partial charge is 0.134 e. The van der Waals surface area contributed by atoms with Gasteiger partial charge in [0.25, 0.3) is 0 Å². The van der Waals surface area contributed by atoms with E-state index in [1.54, 1.807) is 0 Å². The lowest BCUT2D eigenvalue weighted by Crippen LogP contribution is -1.96. The lowest BCUT2D eigenvalue weighted by Gasteiger charge is -1.99. The molecule has 2 nitrogen and oxygen atoms in total. The van der Waals surface area contributed by atoms with Gasteiger partial charge in [0.1, 0.15) is 6.04 Å². The minimum absolute atomic E-state index is 0.183. The summed E-state index contributed by atoms with van der Waals surface area (Å²) in [5.41, 5.74) is 4.46. The van der Waals surface area contributed by atoms with Crippen LogP contribution in [0.2, 0.25) is 0 Å². The number of hydrogen-bond acceptors (Lipinski definition) is 2. The first-order valence-electron chi connectivity index (χ1n) is 7.41. The van der Waals surface area contributed by atoms with Gasteiger partial charge in [0.15, 0.2) is 0 Å². The quantitative estimate of drug-likeness (QED) is 0.753. The van der Waals surface area contributed by atoms with E-state index in [2.05, 4.69) is 22.1 Å². The summed E-state index contributed by atoms with van der Waals surface area (Å²) in [6.07, 6.45) is 0. The molecule has 0 spiro atoms. The van der Waals surface area contributed by atoms with Crippen molar-refractivity contribution in [2.45, 2.75) is 40.7 Å². The highest BCUT2D eigenvalue weighted by Crippen LogP contribution is 2.33. The molecule has 1 unspecified atom stereocenters. The molecule has 0 radical (unpaired) electrons. The number of aryl methyl sites for hydroxylation is 1. The molecule has 106 valence electrons. The van der Waals surface area contributed by atoms with E-state index in [9.17, 15) is 0 Å². The molecule has 1 aliphatic rings. The van der Waals surface area contributed by atoms with E-state index in [0.29, 0.717) is 0 Å². The molecule has 2 heteroatoms. The molecule has 2 aromatic rings. The van der Waals surface area contributed by atoms with E-state index in [1.807, 2.05) is 71.0 Å². The van der Waals surface area contributed by atoms with Crippen molar-refractivity contribution in [2.75, 3.05) is 0 Å². The third-order valence-corrected chi connectivity index (χ3v) is 2.72. The molecule has 0 saturated heterocycles. The molecule has 2 heterocycles. The number of hydrogen-bond donors (Lipinski definition) is 0. The Kier molecular flexibility index (Phi) is 6.65. The highest BCUT2D eigenvalue weighted by Gasteiger charge is 2.31. The second kappa shape index (κ2) is 8.26. The zero-order valence-corrected chi connectivity index (χ0v) is 13.1. The normalized spacial score (nSPS) is 15.1. The second-order valence-electron chi connectivity index (χ2n) is 3.99. The molecule has 0 fully saturated rings. The molecule has 0 saturated carbocycles. The molecule has 1 aromatic heterocycles. The highest BCUT2D eigenvalue weighted by atomic mass is 15.0. The van der Waals surface area contributed by atoms with Crippen molar-refractivity contribution in [1.29, 1.82) is 0 Å². The van der Waals surface area contributed by atoms with E-state index < -0.39 is 0 Å². The van der Waals surface area contributed by atoms with Crippen LogP contribution in [0.25, 0.3) is 0 Å². The van der Waals surface area contributed by atoms with E-state index in [-0.39, 0.29) is 6.04 Å². The summed E-state index contributed by atoms with van der Waals surface area (Å²) in [5, 5.41) is 0. The number of rotatable bonds is 2. The van der Waals surface area contributed by atoms with Crippen LogP contribution in [0.3, 0.4) is 0 Å².